The number of fused-ring (bicyclic) bond motifs is 1. The highest BCUT2D eigenvalue weighted by atomic mass is 14.0. The van der Waals surface area contributed by atoms with Crippen molar-refractivity contribution in [2.24, 2.45) is 0 Å². The van der Waals surface area contributed by atoms with Gasteiger partial charge in [0.25, 0.3) is 0 Å². The van der Waals surface area contributed by atoms with Crippen LogP contribution in [0.25, 0.3) is 16.3 Å². The van der Waals surface area contributed by atoms with Gasteiger partial charge in [-0.15, -0.1) is 0 Å². The number of hydrogen-bond acceptors (Lipinski definition) is 0. The first-order valence-electron chi connectivity index (χ1n) is 5.78. The minimum atomic E-state index is 1.04. The topological polar surface area (TPSA) is 0 Å². The molecule has 0 fully saturated rings. The Morgan fingerprint density at radius 1 is 1.00 bits per heavy atom. The van der Waals surface area contributed by atoms with E-state index >= 15 is 0 Å². The van der Waals surface area contributed by atoms with Crippen molar-refractivity contribution in [3.05, 3.63) is 78.9 Å². The summed E-state index contributed by atoms with van der Waals surface area (Å²) in [6.07, 6.45) is 8.05. The van der Waals surface area contributed by atoms with Crippen LogP contribution in [0, 0.1) is 0 Å². The Balaban J connectivity index is 2.33. The van der Waals surface area contributed by atoms with Crippen LogP contribution in [0.15, 0.2) is 73.3 Å². The van der Waals surface area contributed by atoms with Gasteiger partial charge in [0.1, 0.15) is 0 Å². The van der Waals surface area contributed by atoms with Crippen LogP contribution in [0.2, 0.25) is 0 Å². The minimum Gasteiger partial charge on any atom is -0.0912 e. The molecule has 0 saturated heterocycles. The zero-order valence-corrected chi connectivity index (χ0v) is 10.1. The van der Waals surface area contributed by atoms with E-state index in [0.717, 1.165) is 5.57 Å². The molecule has 0 aliphatic heterocycles. The third kappa shape index (κ3) is 2.73. The van der Waals surface area contributed by atoms with E-state index in [1.165, 1.54) is 16.3 Å². The highest BCUT2D eigenvalue weighted by Crippen LogP contribution is 2.20. The van der Waals surface area contributed by atoms with Gasteiger partial charge in [0, 0.05) is 0 Å². The van der Waals surface area contributed by atoms with Gasteiger partial charge >= 0.3 is 0 Å². The Hall–Kier alpha value is -2.08. The summed E-state index contributed by atoms with van der Waals surface area (Å²) in [7, 11) is 0. The van der Waals surface area contributed by atoms with Crippen LogP contribution >= 0.6 is 0 Å². The van der Waals surface area contributed by atoms with Crippen LogP contribution in [-0.2, 0) is 0 Å². The molecule has 0 radical (unpaired) electrons. The molecular weight excluding hydrogens is 204 g/mol. The summed E-state index contributed by atoms with van der Waals surface area (Å²) in [6, 6.07) is 14.8. The molecule has 0 unspecified atom stereocenters. The fraction of sp³-hybridized carbons (Fsp3) is 0.0588. The van der Waals surface area contributed by atoms with Gasteiger partial charge in [0.05, 0.1) is 0 Å². The lowest BCUT2D eigenvalue weighted by atomic mass is 10.0. The predicted molar refractivity (Wildman–Crippen MR) is 76.9 cm³/mol. The molecule has 0 aromatic heterocycles. The van der Waals surface area contributed by atoms with Crippen molar-refractivity contribution in [1.29, 1.82) is 0 Å². The van der Waals surface area contributed by atoms with E-state index in [0.29, 0.717) is 0 Å². The van der Waals surface area contributed by atoms with E-state index in [1.807, 2.05) is 31.2 Å². The summed E-state index contributed by atoms with van der Waals surface area (Å²) < 4.78 is 0. The molecule has 84 valence electrons. The lowest BCUT2D eigenvalue weighted by molar-refractivity contribution is 1.67. The van der Waals surface area contributed by atoms with Gasteiger partial charge in [-0.3, -0.25) is 0 Å². The van der Waals surface area contributed by atoms with Crippen LogP contribution in [0.1, 0.15) is 12.5 Å². The number of benzene rings is 2. The molecule has 0 atom stereocenters. The molecule has 0 heterocycles. The van der Waals surface area contributed by atoms with Gasteiger partial charge in [-0.25, -0.2) is 0 Å². The summed E-state index contributed by atoms with van der Waals surface area (Å²) in [5.41, 5.74) is 2.21. The van der Waals surface area contributed by atoms with Crippen molar-refractivity contribution >= 4 is 16.3 Å². The summed E-state index contributed by atoms with van der Waals surface area (Å²) in [5, 5.41) is 2.52. The average molecular weight is 220 g/mol. The Kier molecular flexibility index (Phi) is 3.56. The van der Waals surface area contributed by atoms with Crippen LogP contribution < -0.4 is 0 Å². The smallest absolute Gasteiger partial charge is 0.0178 e. The number of rotatable bonds is 3. The quantitative estimate of drug-likeness (QED) is 0.639. The van der Waals surface area contributed by atoms with Crippen molar-refractivity contribution in [2.75, 3.05) is 0 Å². The normalized spacial score (nSPS) is 11.6. The second-order valence-corrected chi connectivity index (χ2v) is 3.97. The van der Waals surface area contributed by atoms with E-state index in [1.54, 1.807) is 0 Å². The molecule has 0 saturated carbocycles. The molecule has 0 nitrogen and oxygen atoms in total. The van der Waals surface area contributed by atoms with Crippen molar-refractivity contribution in [1.82, 2.24) is 0 Å². The van der Waals surface area contributed by atoms with Crippen LogP contribution in [0.5, 0.6) is 0 Å². The molecule has 0 N–H and O–H groups in total. The Morgan fingerprint density at radius 2 is 1.76 bits per heavy atom. The molecule has 0 aliphatic carbocycles. The highest BCUT2D eigenvalue weighted by Gasteiger charge is 1.97. The van der Waals surface area contributed by atoms with Crippen molar-refractivity contribution in [3.63, 3.8) is 0 Å². The van der Waals surface area contributed by atoms with Gasteiger partial charge in [0.15, 0.2) is 0 Å². The maximum atomic E-state index is 4.08. The van der Waals surface area contributed by atoms with Gasteiger partial charge < -0.3 is 0 Å². The van der Waals surface area contributed by atoms with Crippen molar-refractivity contribution < 1.29 is 0 Å². The Bertz CT molecular complexity index is 586. The SMILES string of the molecule is C=C(/C=C\C=C/C)c1ccc2ccccc2c1. The van der Waals surface area contributed by atoms with Crippen LogP contribution in [-0.4, -0.2) is 0 Å². The van der Waals surface area contributed by atoms with Crippen molar-refractivity contribution in [3.8, 4) is 0 Å². The largest absolute Gasteiger partial charge is 0.0912 e. The van der Waals surface area contributed by atoms with Crippen LogP contribution in [0.4, 0.5) is 0 Å². The van der Waals surface area contributed by atoms with E-state index in [4.69, 9.17) is 0 Å². The fourth-order valence-corrected chi connectivity index (χ4v) is 1.77. The van der Waals surface area contributed by atoms with E-state index in [9.17, 15) is 0 Å². The third-order valence-electron chi connectivity index (χ3n) is 2.72. The van der Waals surface area contributed by atoms with E-state index < -0.39 is 0 Å². The predicted octanol–water partition coefficient (Wildman–Crippen LogP) is 4.99. The molecule has 2 aromatic rings. The maximum Gasteiger partial charge on any atom is -0.0178 e. The lowest BCUT2D eigenvalue weighted by Gasteiger charge is -2.03. The summed E-state index contributed by atoms with van der Waals surface area (Å²) in [4.78, 5) is 0. The zero-order valence-electron chi connectivity index (χ0n) is 10.1. The van der Waals surface area contributed by atoms with Crippen molar-refractivity contribution in [2.45, 2.75) is 6.92 Å². The summed E-state index contributed by atoms with van der Waals surface area (Å²) >= 11 is 0. The Morgan fingerprint density at radius 3 is 2.53 bits per heavy atom. The monoisotopic (exact) mass is 220 g/mol. The van der Waals surface area contributed by atoms with E-state index in [2.05, 4.69) is 49.0 Å². The molecule has 17 heavy (non-hydrogen) atoms. The van der Waals surface area contributed by atoms with Crippen LogP contribution in [0.3, 0.4) is 0 Å². The number of hydrogen-bond donors (Lipinski definition) is 0. The maximum absolute atomic E-state index is 4.08. The first kappa shape index (κ1) is 11.4. The van der Waals surface area contributed by atoms with Gasteiger partial charge in [0.2, 0.25) is 0 Å². The molecule has 0 bridgehead atoms. The zero-order chi connectivity index (χ0) is 12.1. The second-order valence-electron chi connectivity index (χ2n) is 3.97. The molecule has 2 rings (SSSR count). The summed E-state index contributed by atoms with van der Waals surface area (Å²) in [5.74, 6) is 0. The Labute approximate surface area is 103 Å². The van der Waals surface area contributed by atoms with E-state index in [-0.39, 0.29) is 0 Å². The van der Waals surface area contributed by atoms with Gasteiger partial charge in [-0.1, -0.05) is 67.3 Å². The number of allylic oxidation sites excluding steroid dienone is 5. The first-order valence-corrected chi connectivity index (χ1v) is 5.78. The minimum absolute atomic E-state index is 1.04. The molecule has 0 spiro atoms. The van der Waals surface area contributed by atoms with Gasteiger partial charge in [-0.05, 0) is 34.9 Å². The molecule has 0 amide bonds. The third-order valence-corrected chi connectivity index (χ3v) is 2.72. The standard InChI is InChI=1S/C17H16/c1-3-4-5-8-14(2)16-12-11-15-9-6-7-10-17(15)13-16/h3-13H,2H2,1H3/b4-3-,8-5-. The molecule has 0 heteroatoms. The second kappa shape index (κ2) is 5.31. The van der Waals surface area contributed by atoms with Gasteiger partial charge in [-0.2, -0.15) is 0 Å². The molecule has 0 aliphatic rings. The fourth-order valence-electron chi connectivity index (χ4n) is 1.77. The molecule has 2 aromatic carbocycles. The average Bonchev–Trinajstić information content (AvgIpc) is 2.38. The first-order chi connectivity index (χ1) is 8.31. The lowest BCUT2D eigenvalue weighted by Crippen LogP contribution is -1.80. The highest BCUT2D eigenvalue weighted by molar-refractivity contribution is 5.87. The molecular formula is C17H16. The summed E-state index contributed by atoms with van der Waals surface area (Å²) in [6.45, 7) is 6.09.